The van der Waals surface area contributed by atoms with Crippen molar-refractivity contribution in [1.82, 2.24) is 0 Å². The van der Waals surface area contributed by atoms with Crippen LogP contribution in [-0.2, 0) is 0 Å². The first kappa shape index (κ1) is 11.7. The van der Waals surface area contributed by atoms with Crippen LogP contribution < -0.4 is 4.74 Å². The fourth-order valence-electron chi connectivity index (χ4n) is 1.13. The highest BCUT2D eigenvalue weighted by Gasteiger charge is 2.07. The maximum Gasteiger partial charge on any atom is 0.165 e. The van der Waals surface area contributed by atoms with Crippen molar-refractivity contribution in [2.45, 2.75) is 20.0 Å². The predicted octanol–water partition coefficient (Wildman–Crippen LogP) is 2.83. The van der Waals surface area contributed by atoms with Gasteiger partial charge >= 0.3 is 0 Å². The van der Waals surface area contributed by atoms with Gasteiger partial charge in [-0.2, -0.15) is 0 Å². The van der Waals surface area contributed by atoms with Crippen LogP contribution in [0.3, 0.4) is 0 Å². The van der Waals surface area contributed by atoms with Crippen molar-refractivity contribution in [3.05, 3.63) is 41.7 Å². The van der Waals surface area contributed by atoms with E-state index < -0.39 is 11.9 Å². The van der Waals surface area contributed by atoms with E-state index in [9.17, 15) is 9.50 Å². The number of benzene rings is 1. The lowest BCUT2D eigenvalue weighted by molar-refractivity contribution is 0.198. The zero-order valence-corrected chi connectivity index (χ0v) is 8.90. The SMILES string of the molecule is C/C=C/COc1ccc(C(C)O)cc1F. The summed E-state index contributed by atoms with van der Waals surface area (Å²) in [5, 5.41) is 9.23. The summed E-state index contributed by atoms with van der Waals surface area (Å²) in [4.78, 5) is 0. The molecule has 0 aliphatic carbocycles. The fraction of sp³-hybridized carbons (Fsp3) is 0.333. The van der Waals surface area contributed by atoms with E-state index in [2.05, 4.69) is 0 Å². The second-order valence-corrected chi connectivity index (χ2v) is 3.25. The van der Waals surface area contributed by atoms with Gasteiger partial charge in [-0.05, 0) is 31.5 Å². The molecular weight excluding hydrogens is 195 g/mol. The Morgan fingerprint density at radius 2 is 2.27 bits per heavy atom. The zero-order valence-electron chi connectivity index (χ0n) is 8.90. The molecule has 3 heteroatoms. The number of hydrogen-bond donors (Lipinski definition) is 1. The highest BCUT2D eigenvalue weighted by molar-refractivity contribution is 5.30. The third-order valence-corrected chi connectivity index (χ3v) is 2.01. The highest BCUT2D eigenvalue weighted by Crippen LogP contribution is 2.21. The van der Waals surface area contributed by atoms with Crippen molar-refractivity contribution in [3.8, 4) is 5.75 Å². The minimum atomic E-state index is -0.663. The van der Waals surface area contributed by atoms with Crippen LogP contribution in [0.5, 0.6) is 5.75 Å². The first-order valence-corrected chi connectivity index (χ1v) is 4.86. The number of ether oxygens (including phenoxy) is 1. The topological polar surface area (TPSA) is 29.5 Å². The average molecular weight is 210 g/mol. The Balaban J connectivity index is 2.74. The van der Waals surface area contributed by atoms with E-state index in [-0.39, 0.29) is 5.75 Å². The first-order chi connectivity index (χ1) is 7.15. The van der Waals surface area contributed by atoms with Crippen molar-refractivity contribution in [2.75, 3.05) is 6.61 Å². The van der Waals surface area contributed by atoms with Crippen LogP contribution in [-0.4, -0.2) is 11.7 Å². The predicted molar refractivity (Wildman–Crippen MR) is 57.3 cm³/mol. The summed E-state index contributed by atoms with van der Waals surface area (Å²) in [6.07, 6.45) is 2.97. The molecule has 1 N–H and O–H groups in total. The van der Waals surface area contributed by atoms with Crippen LogP contribution in [0.4, 0.5) is 4.39 Å². The highest BCUT2D eigenvalue weighted by atomic mass is 19.1. The minimum Gasteiger partial charge on any atom is -0.486 e. The molecule has 2 nitrogen and oxygen atoms in total. The lowest BCUT2D eigenvalue weighted by Crippen LogP contribution is -1.98. The third kappa shape index (κ3) is 3.36. The van der Waals surface area contributed by atoms with Gasteiger partial charge in [-0.25, -0.2) is 4.39 Å². The monoisotopic (exact) mass is 210 g/mol. The van der Waals surface area contributed by atoms with Crippen LogP contribution >= 0.6 is 0 Å². The number of rotatable bonds is 4. The number of aliphatic hydroxyl groups excluding tert-OH is 1. The van der Waals surface area contributed by atoms with Gasteiger partial charge in [-0.1, -0.05) is 18.2 Å². The van der Waals surface area contributed by atoms with Crippen molar-refractivity contribution in [1.29, 1.82) is 0 Å². The molecule has 1 rings (SSSR count). The minimum absolute atomic E-state index is 0.206. The fourth-order valence-corrected chi connectivity index (χ4v) is 1.13. The Hall–Kier alpha value is -1.35. The van der Waals surface area contributed by atoms with Gasteiger partial charge in [0.05, 0.1) is 6.10 Å². The van der Waals surface area contributed by atoms with Gasteiger partial charge in [0, 0.05) is 0 Å². The molecule has 1 aromatic carbocycles. The van der Waals surface area contributed by atoms with Gasteiger partial charge in [0.2, 0.25) is 0 Å². The lowest BCUT2D eigenvalue weighted by Gasteiger charge is -2.08. The third-order valence-electron chi connectivity index (χ3n) is 2.01. The van der Waals surface area contributed by atoms with Crippen molar-refractivity contribution < 1.29 is 14.2 Å². The maximum absolute atomic E-state index is 13.4. The smallest absolute Gasteiger partial charge is 0.165 e. The van der Waals surface area contributed by atoms with Crippen LogP contribution in [0.25, 0.3) is 0 Å². The van der Waals surface area contributed by atoms with Crippen LogP contribution in [0.1, 0.15) is 25.5 Å². The molecular formula is C12H15FO2. The molecule has 1 aromatic rings. The van der Waals surface area contributed by atoms with Gasteiger partial charge in [-0.3, -0.25) is 0 Å². The van der Waals surface area contributed by atoms with Gasteiger partial charge in [0.25, 0.3) is 0 Å². The van der Waals surface area contributed by atoms with E-state index in [1.54, 1.807) is 19.1 Å². The summed E-state index contributed by atoms with van der Waals surface area (Å²) in [5.41, 5.74) is 0.547. The summed E-state index contributed by atoms with van der Waals surface area (Å²) < 4.78 is 18.5. The van der Waals surface area contributed by atoms with Gasteiger partial charge < -0.3 is 9.84 Å². The Bertz CT molecular complexity index is 345. The second-order valence-electron chi connectivity index (χ2n) is 3.25. The van der Waals surface area contributed by atoms with Gasteiger partial charge in [0.1, 0.15) is 6.61 Å². The Morgan fingerprint density at radius 1 is 1.53 bits per heavy atom. The molecule has 0 aliphatic rings. The molecule has 0 heterocycles. The Labute approximate surface area is 89.0 Å². The zero-order chi connectivity index (χ0) is 11.3. The molecule has 1 unspecified atom stereocenters. The molecule has 15 heavy (non-hydrogen) atoms. The van der Waals surface area contributed by atoms with E-state index in [0.29, 0.717) is 12.2 Å². The van der Waals surface area contributed by atoms with E-state index in [0.717, 1.165) is 0 Å². The number of halogens is 1. The van der Waals surface area contributed by atoms with Crippen LogP contribution in [0, 0.1) is 5.82 Å². The molecule has 0 amide bonds. The number of hydrogen-bond acceptors (Lipinski definition) is 2. The summed E-state index contributed by atoms with van der Waals surface area (Å²) >= 11 is 0. The summed E-state index contributed by atoms with van der Waals surface area (Å²) in [7, 11) is 0. The average Bonchev–Trinajstić information content (AvgIpc) is 2.20. The van der Waals surface area contributed by atoms with Crippen LogP contribution in [0.15, 0.2) is 30.4 Å². The van der Waals surface area contributed by atoms with E-state index in [4.69, 9.17) is 4.74 Å². The summed E-state index contributed by atoms with van der Waals surface area (Å²) in [6.45, 7) is 3.81. The largest absolute Gasteiger partial charge is 0.486 e. The molecule has 0 aliphatic heterocycles. The molecule has 0 saturated heterocycles. The van der Waals surface area contributed by atoms with E-state index in [1.165, 1.54) is 12.1 Å². The van der Waals surface area contributed by atoms with Crippen molar-refractivity contribution in [3.63, 3.8) is 0 Å². The normalized spacial score (nSPS) is 13.1. The molecule has 1 atom stereocenters. The molecule has 0 radical (unpaired) electrons. The van der Waals surface area contributed by atoms with Gasteiger partial charge in [-0.15, -0.1) is 0 Å². The second kappa shape index (κ2) is 5.51. The van der Waals surface area contributed by atoms with E-state index >= 15 is 0 Å². The summed E-state index contributed by atoms with van der Waals surface area (Å²) in [6, 6.07) is 4.47. The van der Waals surface area contributed by atoms with Crippen LogP contribution in [0.2, 0.25) is 0 Å². The maximum atomic E-state index is 13.4. The quantitative estimate of drug-likeness (QED) is 0.774. The lowest BCUT2D eigenvalue weighted by atomic mass is 10.1. The molecule has 0 fully saturated rings. The number of allylic oxidation sites excluding steroid dienone is 1. The number of aliphatic hydroxyl groups is 1. The van der Waals surface area contributed by atoms with Crippen molar-refractivity contribution >= 4 is 0 Å². The Morgan fingerprint density at radius 3 is 2.80 bits per heavy atom. The van der Waals surface area contributed by atoms with Crippen molar-refractivity contribution in [2.24, 2.45) is 0 Å². The molecule has 82 valence electrons. The Kier molecular flexibility index (Phi) is 4.31. The van der Waals surface area contributed by atoms with Gasteiger partial charge in [0.15, 0.2) is 11.6 Å². The summed E-state index contributed by atoms with van der Waals surface area (Å²) in [5.74, 6) is -0.240. The first-order valence-electron chi connectivity index (χ1n) is 4.86. The molecule has 0 bridgehead atoms. The molecule has 0 aromatic heterocycles. The van der Waals surface area contributed by atoms with E-state index in [1.807, 2.05) is 13.0 Å². The standard InChI is InChI=1S/C12H15FO2/c1-3-4-7-15-12-6-5-10(9(2)14)8-11(12)13/h3-6,8-9,14H,7H2,1-2H3/b4-3+. The molecule has 0 saturated carbocycles. The molecule has 0 spiro atoms.